The minimum absolute atomic E-state index is 0.0515. The number of nitrogens with zero attached hydrogens (tertiary/aromatic N) is 1. The third kappa shape index (κ3) is 6.81. The third-order valence-corrected chi connectivity index (χ3v) is 4.13. The summed E-state index contributed by atoms with van der Waals surface area (Å²) in [4.78, 5) is 35.8. The van der Waals surface area contributed by atoms with E-state index in [9.17, 15) is 14.4 Å². The van der Waals surface area contributed by atoms with Gasteiger partial charge in [0.1, 0.15) is 11.4 Å². The first kappa shape index (κ1) is 22.3. The molecule has 2 aromatic rings. The van der Waals surface area contributed by atoms with Crippen molar-refractivity contribution in [3.63, 3.8) is 0 Å². The van der Waals surface area contributed by atoms with Crippen LogP contribution in [0, 0.1) is 13.8 Å². The first-order valence-corrected chi connectivity index (χ1v) is 9.41. The van der Waals surface area contributed by atoms with Crippen LogP contribution in [0.3, 0.4) is 0 Å². The largest absolute Gasteiger partial charge is 0.467 e. The van der Waals surface area contributed by atoms with Gasteiger partial charge in [-0.2, -0.15) is 0 Å². The van der Waals surface area contributed by atoms with Gasteiger partial charge in [0.2, 0.25) is 5.78 Å². The molecule has 0 saturated heterocycles. The van der Waals surface area contributed by atoms with Crippen LogP contribution in [0.25, 0.3) is 0 Å². The molecular formula is C21H28N2O6. The van der Waals surface area contributed by atoms with Crippen molar-refractivity contribution in [2.45, 2.75) is 53.2 Å². The predicted octanol–water partition coefficient (Wildman–Crippen LogP) is 3.39. The average molecular weight is 404 g/mol. The Morgan fingerprint density at radius 2 is 1.93 bits per heavy atom. The zero-order chi connectivity index (χ0) is 21.6. The Morgan fingerprint density at radius 1 is 1.21 bits per heavy atom. The molecule has 0 spiro atoms. The van der Waals surface area contributed by atoms with Crippen molar-refractivity contribution in [2.75, 3.05) is 13.2 Å². The SMILES string of the molecule is Cc1cc(C(=O)COC(=O)CCNC(=O)OC(C)(C)C)c(C)n1Cc1ccco1. The van der Waals surface area contributed by atoms with E-state index in [0.29, 0.717) is 12.1 Å². The second kappa shape index (κ2) is 9.45. The van der Waals surface area contributed by atoms with E-state index in [-0.39, 0.29) is 25.4 Å². The second-order valence-corrected chi connectivity index (χ2v) is 7.71. The van der Waals surface area contributed by atoms with Crippen LogP contribution in [-0.2, 0) is 20.8 Å². The molecule has 0 fully saturated rings. The molecule has 0 unspecified atom stereocenters. The number of carbonyl (C=O) groups excluding carboxylic acids is 3. The van der Waals surface area contributed by atoms with E-state index < -0.39 is 17.7 Å². The minimum Gasteiger partial charge on any atom is -0.467 e. The summed E-state index contributed by atoms with van der Waals surface area (Å²) in [5, 5.41) is 2.47. The van der Waals surface area contributed by atoms with Gasteiger partial charge in [-0.05, 0) is 52.8 Å². The van der Waals surface area contributed by atoms with Crippen LogP contribution in [0.1, 0.15) is 54.7 Å². The zero-order valence-electron chi connectivity index (χ0n) is 17.5. The highest BCUT2D eigenvalue weighted by Gasteiger charge is 2.19. The molecule has 29 heavy (non-hydrogen) atoms. The van der Waals surface area contributed by atoms with Crippen molar-refractivity contribution in [3.05, 3.63) is 47.2 Å². The lowest BCUT2D eigenvalue weighted by molar-refractivity contribution is -0.142. The van der Waals surface area contributed by atoms with E-state index in [2.05, 4.69) is 5.32 Å². The van der Waals surface area contributed by atoms with Crippen LogP contribution < -0.4 is 5.32 Å². The van der Waals surface area contributed by atoms with Gasteiger partial charge in [-0.25, -0.2) is 4.79 Å². The number of nitrogens with one attached hydrogen (secondary N) is 1. The Labute approximate surface area is 170 Å². The molecule has 8 heteroatoms. The Bertz CT molecular complexity index is 859. The lowest BCUT2D eigenvalue weighted by atomic mass is 10.1. The van der Waals surface area contributed by atoms with E-state index in [1.54, 1.807) is 33.1 Å². The lowest BCUT2D eigenvalue weighted by Crippen LogP contribution is -2.33. The molecule has 1 N–H and O–H groups in total. The van der Waals surface area contributed by atoms with Crippen molar-refractivity contribution < 1.29 is 28.3 Å². The first-order chi connectivity index (χ1) is 13.6. The van der Waals surface area contributed by atoms with Gasteiger partial charge in [0, 0.05) is 23.5 Å². The maximum Gasteiger partial charge on any atom is 0.407 e. The monoisotopic (exact) mass is 404 g/mol. The Balaban J connectivity index is 1.81. The van der Waals surface area contributed by atoms with Crippen molar-refractivity contribution >= 4 is 17.8 Å². The summed E-state index contributed by atoms with van der Waals surface area (Å²) in [7, 11) is 0. The van der Waals surface area contributed by atoms with Crippen molar-refractivity contribution in [1.82, 2.24) is 9.88 Å². The fourth-order valence-corrected chi connectivity index (χ4v) is 2.76. The Morgan fingerprint density at radius 3 is 2.55 bits per heavy atom. The average Bonchev–Trinajstić information content (AvgIpc) is 3.22. The summed E-state index contributed by atoms with van der Waals surface area (Å²) in [5.74, 6) is -0.0641. The molecule has 0 saturated carbocycles. The molecular weight excluding hydrogens is 376 g/mol. The Kier molecular flexibility index (Phi) is 7.25. The fraction of sp³-hybridized carbons (Fsp3) is 0.476. The highest BCUT2D eigenvalue weighted by molar-refractivity contribution is 5.99. The number of furan rings is 1. The number of ketones is 1. The summed E-state index contributed by atoms with van der Waals surface area (Å²) in [6.07, 6.45) is 0.946. The molecule has 158 valence electrons. The van der Waals surface area contributed by atoms with Gasteiger partial charge in [-0.1, -0.05) is 0 Å². The summed E-state index contributed by atoms with van der Waals surface area (Å²) in [6, 6.07) is 5.46. The van der Waals surface area contributed by atoms with E-state index in [1.165, 1.54) is 0 Å². The first-order valence-electron chi connectivity index (χ1n) is 9.41. The van der Waals surface area contributed by atoms with Gasteiger partial charge >= 0.3 is 12.1 Å². The van der Waals surface area contributed by atoms with E-state index in [1.807, 2.05) is 30.5 Å². The standard InChI is InChI=1S/C21H28N2O6/c1-14-11-17(15(2)23(14)12-16-7-6-10-27-16)18(24)13-28-19(25)8-9-22-20(26)29-21(3,4)5/h6-7,10-11H,8-9,12-13H2,1-5H3,(H,22,26). The van der Waals surface area contributed by atoms with E-state index in [4.69, 9.17) is 13.9 Å². The molecule has 0 radical (unpaired) electrons. The minimum atomic E-state index is -0.611. The summed E-state index contributed by atoms with van der Waals surface area (Å²) < 4.78 is 17.5. The molecule has 8 nitrogen and oxygen atoms in total. The molecule has 0 aliphatic rings. The third-order valence-electron chi connectivity index (χ3n) is 4.13. The number of ether oxygens (including phenoxy) is 2. The number of aryl methyl sites for hydroxylation is 1. The number of aromatic nitrogens is 1. The van der Waals surface area contributed by atoms with Gasteiger partial charge in [0.25, 0.3) is 0 Å². The molecule has 0 aromatic carbocycles. The molecule has 2 heterocycles. The predicted molar refractivity (Wildman–Crippen MR) is 106 cm³/mol. The molecule has 0 aliphatic carbocycles. The Hall–Kier alpha value is -3.03. The van der Waals surface area contributed by atoms with Crippen molar-refractivity contribution in [2.24, 2.45) is 0 Å². The number of alkyl carbamates (subject to hydrolysis) is 1. The molecule has 0 aliphatic heterocycles. The van der Waals surface area contributed by atoms with Crippen LogP contribution in [0.5, 0.6) is 0 Å². The van der Waals surface area contributed by atoms with Crippen molar-refractivity contribution in [3.8, 4) is 0 Å². The van der Waals surface area contributed by atoms with Crippen LogP contribution in [0.4, 0.5) is 4.79 Å². The number of Topliss-reactive ketones (excluding diaryl/α,β-unsaturated/α-hetero) is 1. The number of rotatable bonds is 8. The zero-order valence-corrected chi connectivity index (χ0v) is 17.5. The topological polar surface area (TPSA) is 99.8 Å². The van der Waals surface area contributed by atoms with Gasteiger partial charge in [0.15, 0.2) is 6.61 Å². The van der Waals surface area contributed by atoms with Gasteiger partial charge in [-0.15, -0.1) is 0 Å². The van der Waals surface area contributed by atoms with Gasteiger partial charge in [-0.3, -0.25) is 9.59 Å². The maximum atomic E-state index is 12.5. The van der Waals surface area contributed by atoms with Crippen LogP contribution in [0.2, 0.25) is 0 Å². The molecule has 0 bridgehead atoms. The summed E-state index contributed by atoms with van der Waals surface area (Å²) in [5.41, 5.74) is 1.59. The molecule has 2 rings (SSSR count). The highest BCUT2D eigenvalue weighted by Crippen LogP contribution is 2.18. The number of hydrogen-bond acceptors (Lipinski definition) is 6. The quantitative estimate of drug-likeness (QED) is 0.535. The summed E-state index contributed by atoms with van der Waals surface area (Å²) in [6.45, 7) is 9.23. The fourth-order valence-electron chi connectivity index (χ4n) is 2.76. The van der Waals surface area contributed by atoms with Crippen LogP contribution in [-0.4, -0.2) is 41.2 Å². The lowest BCUT2D eigenvalue weighted by Gasteiger charge is -2.19. The number of carbonyl (C=O) groups is 3. The molecule has 2 aromatic heterocycles. The number of hydrogen-bond donors (Lipinski definition) is 1. The van der Waals surface area contributed by atoms with Gasteiger partial charge in [0.05, 0.1) is 19.2 Å². The number of amides is 1. The number of esters is 1. The van der Waals surface area contributed by atoms with Crippen LogP contribution in [0.15, 0.2) is 28.9 Å². The summed E-state index contributed by atoms with van der Waals surface area (Å²) >= 11 is 0. The normalized spacial score (nSPS) is 11.2. The highest BCUT2D eigenvalue weighted by atomic mass is 16.6. The molecule has 0 atom stereocenters. The van der Waals surface area contributed by atoms with E-state index in [0.717, 1.165) is 17.1 Å². The van der Waals surface area contributed by atoms with E-state index >= 15 is 0 Å². The maximum absolute atomic E-state index is 12.5. The van der Waals surface area contributed by atoms with Gasteiger partial charge < -0.3 is 23.8 Å². The van der Waals surface area contributed by atoms with Crippen molar-refractivity contribution in [1.29, 1.82) is 0 Å². The second-order valence-electron chi connectivity index (χ2n) is 7.71. The van der Waals surface area contributed by atoms with Crippen LogP contribution >= 0.6 is 0 Å². The smallest absolute Gasteiger partial charge is 0.407 e. The molecule has 1 amide bonds.